The van der Waals surface area contributed by atoms with Gasteiger partial charge in [0, 0.05) is 18.1 Å². The van der Waals surface area contributed by atoms with E-state index in [-0.39, 0.29) is 12.4 Å². The SMILES string of the molecule is CC.CC.OCCn1ccc2cccc(O)c21. The van der Waals surface area contributed by atoms with Gasteiger partial charge in [-0.05, 0) is 12.1 Å². The zero-order valence-corrected chi connectivity index (χ0v) is 11.1. The van der Waals surface area contributed by atoms with Crippen molar-refractivity contribution in [2.75, 3.05) is 6.61 Å². The lowest BCUT2D eigenvalue weighted by molar-refractivity contribution is 0.278. The molecule has 0 unspecified atom stereocenters. The molecule has 0 saturated carbocycles. The van der Waals surface area contributed by atoms with E-state index in [1.807, 2.05) is 50.6 Å². The Hall–Kier alpha value is -1.48. The third-order valence-corrected chi connectivity index (χ3v) is 2.11. The van der Waals surface area contributed by atoms with Crippen molar-refractivity contribution in [2.24, 2.45) is 0 Å². The molecule has 0 fully saturated rings. The van der Waals surface area contributed by atoms with Crippen molar-refractivity contribution in [1.82, 2.24) is 4.57 Å². The molecule has 0 atom stereocenters. The molecule has 0 amide bonds. The van der Waals surface area contributed by atoms with Gasteiger partial charge in [0.2, 0.25) is 0 Å². The first-order valence-electron chi connectivity index (χ1n) is 6.20. The van der Waals surface area contributed by atoms with E-state index < -0.39 is 0 Å². The second-order valence-electron chi connectivity index (χ2n) is 2.95. The number of nitrogens with zero attached hydrogens (tertiary/aromatic N) is 1. The topological polar surface area (TPSA) is 45.4 Å². The van der Waals surface area contributed by atoms with Gasteiger partial charge in [0.15, 0.2) is 0 Å². The molecule has 0 saturated heterocycles. The summed E-state index contributed by atoms with van der Waals surface area (Å²) >= 11 is 0. The Morgan fingerprint density at radius 1 is 1.06 bits per heavy atom. The van der Waals surface area contributed by atoms with Gasteiger partial charge in [-0.2, -0.15) is 0 Å². The normalized spacial score (nSPS) is 9.00. The van der Waals surface area contributed by atoms with Crippen LogP contribution in [0, 0.1) is 0 Å². The lowest BCUT2D eigenvalue weighted by atomic mass is 10.2. The van der Waals surface area contributed by atoms with Gasteiger partial charge in [-0.3, -0.25) is 0 Å². The predicted octanol–water partition coefficient (Wildman–Crippen LogP) is 3.39. The van der Waals surface area contributed by atoms with E-state index in [0.717, 1.165) is 10.9 Å². The second kappa shape index (κ2) is 8.65. The molecule has 2 N–H and O–H groups in total. The number of aliphatic hydroxyl groups is 1. The molecule has 3 heteroatoms. The molecular formula is C14H23NO2. The van der Waals surface area contributed by atoms with Crippen LogP contribution in [0.3, 0.4) is 0 Å². The van der Waals surface area contributed by atoms with Crippen molar-refractivity contribution >= 4 is 10.9 Å². The number of rotatable bonds is 2. The standard InChI is InChI=1S/C10H11NO2.2C2H6/c12-7-6-11-5-4-8-2-1-3-9(13)10(8)11;2*1-2/h1-5,12-13H,6-7H2;2*1-2H3. The number of para-hydroxylation sites is 1. The number of aromatic hydroxyl groups is 1. The van der Waals surface area contributed by atoms with Gasteiger partial charge in [-0.15, -0.1) is 0 Å². The highest BCUT2D eigenvalue weighted by molar-refractivity contribution is 5.85. The highest BCUT2D eigenvalue weighted by Gasteiger charge is 2.03. The summed E-state index contributed by atoms with van der Waals surface area (Å²) in [6.45, 7) is 8.60. The Morgan fingerprint density at radius 3 is 2.29 bits per heavy atom. The van der Waals surface area contributed by atoms with Gasteiger partial charge in [0.05, 0.1) is 12.1 Å². The van der Waals surface area contributed by atoms with Gasteiger partial charge >= 0.3 is 0 Å². The summed E-state index contributed by atoms with van der Waals surface area (Å²) in [7, 11) is 0. The van der Waals surface area contributed by atoms with Crippen molar-refractivity contribution in [3.63, 3.8) is 0 Å². The molecule has 3 nitrogen and oxygen atoms in total. The molecule has 0 aliphatic heterocycles. The maximum absolute atomic E-state index is 9.57. The molecule has 1 aromatic carbocycles. The smallest absolute Gasteiger partial charge is 0.139 e. The highest BCUT2D eigenvalue weighted by atomic mass is 16.3. The van der Waals surface area contributed by atoms with Gasteiger partial charge in [0.25, 0.3) is 0 Å². The summed E-state index contributed by atoms with van der Waals surface area (Å²) in [5.74, 6) is 0.260. The Kier molecular flexibility index (Phi) is 7.89. The summed E-state index contributed by atoms with van der Waals surface area (Å²) in [5.41, 5.74) is 0.788. The molecule has 1 heterocycles. The lowest BCUT2D eigenvalue weighted by Gasteiger charge is -2.03. The van der Waals surface area contributed by atoms with Crippen molar-refractivity contribution in [1.29, 1.82) is 0 Å². The minimum Gasteiger partial charge on any atom is -0.506 e. The quantitative estimate of drug-likeness (QED) is 0.841. The molecule has 2 rings (SSSR count). The number of phenols is 1. The van der Waals surface area contributed by atoms with E-state index in [1.54, 1.807) is 12.1 Å². The molecule has 0 aliphatic carbocycles. The summed E-state index contributed by atoms with van der Waals surface area (Å²) < 4.78 is 1.84. The molecule has 0 aliphatic rings. The average Bonchev–Trinajstić information content (AvgIpc) is 2.80. The minimum absolute atomic E-state index is 0.0815. The van der Waals surface area contributed by atoms with Crippen LogP contribution in [0.15, 0.2) is 30.5 Å². The zero-order valence-electron chi connectivity index (χ0n) is 11.1. The van der Waals surface area contributed by atoms with Crippen LogP contribution in [0.2, 0.25) is 0 Å². The van der Waals surface area contributed by atoms with E-state index in [1.165, 1.54) is 0 Å². The van der Waals surface area contributed by atoms with Crippen molar-refractivity contribution in [3.8, 4) is 5.75 Å². The Bertz CT molecular complexity index is 421. The molecule has 1 aromatic heterocycles. The summed E-state index contributed by atoms with van der Waals surface area (Å²) in [6.07, 6.45) is 1.86. The highest BCUT2D eigenvalue weighted by Crippen LogP contribution is 2.24. The summed E-state index contributed by atoms with van der Waals surface area (Å²) in [4.78, 5) is 0. The number of hydrogen-bond acceptors (Lipinski definition) is 2. The number of aliphatic hydroxyl groups excluding tert-OH is 1. The predicted molar refractivity (Wildman–Crippen MR) is 73.4 cm³/mol. The second-order valence-corrected chi connectivity index (χ2v) is 2.95. The van der Waals surface area contributed by atoms with Gasteiger partial charge in [-0.1, -0.05) is 39.8 Å². The average molecular weight is 237 g/mol. The summed E-state index contributed by atoms with van der Waals surface area (Å²) in [6, 6.07) is 7.31. The first-order chi connectivity index (χ1) is 8.33. The summed E-state index contributed by atoms with van der Waals surface area (Å²) in [5, 5.41) is 19.3. The maximum Gasteiger partial charge on any atom is 0.139 e. The van der Waals surface area contributed by atoms with Crippen LogP contribution in [0.25, 0.3) is 10.9 Å². The van der Waals surface area contributed by atoms with Crippen LogP contribution in [0.4, 0.5) is 0 Å². The van der Waals surface area contributed by atoms with Gasteiger partial charge in [-0.25, -0.2) is 0 Å². The van der Waals surface area contributed by atoms with Gasteiger partial charge in [0.1, 0.15) is 5.75 Å². The van der Waals surface area contributed by atoms with E-state index >= 15 is 0 Å². The zero-order chi connectivity index (χ0) is 13.3. The lowest BCUT2D eigenvalue weighted by Crippen LogP contribution is -1.99. The van der Waals surface area contributed by atoms with Crippen LogP contribution in [-0.4, -0.2) is 21.4 Å². The fourth-order valence-corrected chi connectivity index (χ4v) is 1.54. The van der Waals surface area contributed by atoms with Crippen molar-refractivity contribution < 1.29 is 10.2 Å². The van der Waals surface area contributed by atoms with Crippen molar-refractivity contribution in [2.45, 2.75) is 34.2 Å². The van der Waals surface area contributed by atoms with E-state index in [2.05, 4.69) is 0 Å². The molecule has 0 radical (unpaired) electrons. The third kappa shape index (κ3) is 3.79. The first-order valence-corrected chi connectivity index (χ1v) is 6.20. The van der Waals surface area contributed by atoms with Gasteiger partial charge < -0.3 is 14.8 Å². The molecule has 0 spiro atoms. The van der Waals surface area contributed by atoms with E-state index in [0.29, 0.717) is 6.54 Å². The number of phenolic OH excluding ortho intramolecular Hbond substituents is 1. The van der Waals surface area contributed by atoms with Crippen LogP contribution in [-0.2, 0) is 6.54 Å². The van der Waals surface area contributed by atoms with Crippen LogP contribution in [0.5, 0.6) is 5.75 Å². The van der Waals surface area contributed by atoms with Crippen LogP contribution >= 0.6 is 0 Å². The third-order valence-electron chi connectivity index (χ3n) is 2.11. The number of aromatic nitrogens is 1. The Labute approximate surface area is 103 Å². The van der Waals surface area contributed by atoms with E-state index in [9.17, 15) is 5.11 Å². The minimum atomic E-state index is 0.0815. The van der Waals surface area contributed by atoms with E-state index in [4.69, 9.17) is 5.11 Å². The Morgan fingerprint density at radius 2 is 1.71 bits per heavy atom. The first kappa shape index (κ1) is 15.5. The van der Waals surface area contributed by atoms with Crippen LogP contribution in [0.1, 0.15) is 27.7 Å². The molecule has 0 bridgehead atoms. The molecule has 17 heavy (non-hydrogen) atoms. The fourth-order valence-electron chi connectivity index (χ4n) is 1.54. The number of fused-ring (bicyclic) bond motifs is 1. The Balaban J connectivity index is 0.000000581. The largest absolute Gasteiger partial charge is 0.506 e. The fraction of sp³-hybridized carbons (Fsp3) is 0.429. The van der Waals surface area contributed by atoms with Crippen LogP contribution < -0.4 is 0 Å². The number of hydrogen-bond donors (Lipinski definition) is 2. The monoisotopic (exact) mass is 237 g/mol. The molecule has 96 valence electrons. The number of benzene rings is 1. The molecular weight excluding hydrogens is 214 g/mol. The molecule has 2 aromatic rings. The maximum atomic E-state index is 9.57. The van der Waals surface area contributed by atoms with Crippen molar-refractivity contribution in [3.05, 3.63) is 30.5 Å².